The van der Waals surface area contributed by atoms with Gasteiger partial charge in [-0.3, -0.25) is 4.68 Å². The zero-order valence-corrected chi connectivity index (χ0v) is 11.1. The second-order valence-electron chi connectivity index (χ2n) is 4.59. The van der Waals surface area contributed by atoms with Gasteiger partial charge in [-0.05, 0) is 26.7 Å². The van der Waals surface area contributed by atoms with Gasteiger partial charge in [-0.2, -0.15) is 5.10 Å². The molecule has 0 aliphatic heterocycles. The first-order chi connectivity index (χ1) is 7.83. The number of hydrogen-bond acceptors (Lipinski definition) is 4. The van der Waals surface area contributed by atoms with Crippen LogP contribution in [0.3, 0.4) is 0 Å². The summed E-state index contributed by atoms with van der Waals surface area (Å²) >= 11 is 0. The van der Waals surface area contributed by atoms with Crippen molar-refractivity contribution in [3.05, 3.63) is 11.4 Å². The number of aromatic nitrogens is 2. The van der Waals surface area contributed by atoms with Gasteiger partial charge in [0, 0.05) is 19.1 Å². The van der Waals surface area contributed by atoms with E-state index in [1.54, 1.807) is 25.6 Å². The number of hydrogen-bond donors (Lipinski definition) is 2. The van der Waals surface area contributed by atoms with Crippen molar-refractivity contribution < 1.29 is 8.42 Å². The van der Waals surface area contributed by atoms with Crippen molar-refractivity contribution in [1.29, 1.82) is 0 Å². The van der Waals surface area contributed by atoms with Gasteiger partial charge in [0.2, 0.25) is 10.0 Å². The van der Waals surface area contributed by atoms with Crippen LogP contribution in [0.4, 0.5) is 0 Å². The van der Waals surface area contributed by atoms with Crippen molar-refractivity contribution in [2.24, 2.45) is 12.8 Å². The van der Waals surface area contributed by atoms with Crippen LogP contribution < -0.4 is 10.5 Å². The minimum atomic E-state index is -3.51. The Hall–Kier alpha value is -0.920. The smallest absolute Gasteiger partial charge is 0.244 e. The average Bonchev–Trinajstić information content (AvgIpc) is 2.48. The molecular formula is C10H18N4O2S. The van der Waals surface area contributed by atoms with E-state index >= 15 is 0 Å². The van der Waals surface area contributed by atoms with Crippen LogP contribution in [0.25, 0.3) is 0 Å². The quantitative estimate of drug-likeness (QED) is 0.786. The third kappa shape index (κ3) is 2.10. The molecule has 17 heavy (non-hydrogen) atoms. The van der Waals surface area contributed by atoms with E-state index in [0.29, 0.717) is 11.4 Å². The molecule has 1 aromatic rings. The minimum absolute atomic E-state index is 0.0675. The standard InChI is InChI=1S/C10H18N4O2S/c1-6-10(7(2)14(3)12-6)17(15,16)13-9-5-4-8(9)11/h8-9,13H,4-5,11H2,1-3H3/t8-,9+/m0/s1. The average molecular weight is 258 g/mol. The van der Waals surface area contributed by atoms with Crippen LogP contribution in [-0.2, 0) is 17.1 Å². The molecule has 0 saturated heterocycles. The van der Waals surface area contributed by atoms with Gasteiger partial charge in [-0.1, -0.05) is 0 Å². The van der Waals surface area contributed by atoms with Crippen LogP contribution in [0.5, 0.6) is 0 Å². The summed E-state index contributed by atoms with van der Waals surface area (Å²) in [6, 6.07) is -0.207. The molecule has 1 aromatic heterocycles. The molecule has 3 N–H and O–H groups in total. The fourth-order valence-electron chi connectivity index (χ4n) is 2.07. The highest BCUT2D eigenvalue weighted by molar-refractivity contribution is 7.89. The van der Waals surface area contributed by atoms with E-state index in [0.717, 1.165) is 12.8 Å². The predicted octanol–water partition coefficient (Wildman–Crippen LogP) is -0.195. The Labute approximate surface area is 101 Å². The summed E-state index contributed by atoms with van der Waals surface area (Å²) < 4.78 is 28.7. The summed E-state index contributed by atoms with van der Waals surface area (Å²) in [5, 5.41) is 4.11. The monoisotopic (exact) mass is 258 g/mol. The Balaban J connectivity index is 2.31. The lowest BCUT2D eigenvalue weighted by Gasteiger charge is -2.33. The Morgan fingerprint density at radius 2 is 2.06 bits per heavy atom. The van der Waals surface area contributed by atoms with E-state index in [2.05, 4.69) is 9.82 Å². The maximum Gasteiger partial charge on any atom is 0.244 e. The second-order valence-corrected chi connectivity index (χ2v) is 6.24. The molecular weight excluding hydrogens is 240 g/mol. The van der Waals surface area contributed by atoms with E-state index in [4.69, 9.17) is 5.73 Å². The van der Waals surface area contributed by atoms with Crippen molar-refractivity contribution in [3.8, 4) is 0 Å². The van der Waals surface area contributed by atoms with Gasteiger partial charge in [0.25, 0.3) is 0 Å². The highest BCUT2D eigenvalue weighted by Gasteiger charge is 2.33. The number of nitrogens with one attached hydrogen (secondary N) is 1. The number of sulfonamides is 1. The minimum Gasteiger partial charge on any atom is -0.326 e. The lowest BCUT2D eigenvalue weighted by Crippen LogP contribution is -2.54. The molecule has 1 aliphatic carbocycles. The van der Waals surface area contributed by atoms with Crippen molar-refractivity contribution in [2.75, 3.05) is 0 Å². The third-order valence-electron chi connectivity index (χ3n) is 3.35. The van der Waals surface area contributed by atoms with Gasteiger partial charge in [0.1, 0.15) is 4.90 Å². The van der Waals surface area contributed by atoms with Crippen LogP contribution in [-0.4, -0.2) is 30.3 Å². The van der Waals surface area contributed by atoms with Crippen LogP contribution in [0.1, 0.15) is 24.2 Å². The SMILES string of the molecule is Cc1nn(C)c(C)c1S(=O)(=O)N[C@@H]1CC[C@@H]1N. The maximum absolute atomic E-state index is 12.2. The molecule has 1 heterocycles. The van der Waals surface area contributed by atoms with Gasteiger partial charge < -0.3 is 5.73 Å². The first kappa shape index (κ1) is 12.5. The molecule has 0 unspecified atom stereocenters. The zero-order valence-electron chi connectivity index (χ0n) is 10.3. The zero-order chi connectivity index (χ0) is 12.8. The molecule has 7 heteroatoms. The molecule has 0 amide bonds. The number of nitrogens with zero attached hydrogens (tertiary/aromatic N) is 2. The normalized spacial score (nSPS) is 24.7. The highest BCUT2D eigenvalue weighted by Crippen LogP contribution is 2.23. The van der Waals surface area contributed by atoms with Gasteiger partial charge in [-0.15, -0.1) is 0 Å². The van der Waals surface area contributed by atoms with E-state index in [-0.39, 0.29) is 17.0 Å². The predicted molar refractivity (Wildman–Crippen MR) is 64.0 cm³/mol. The largest absolute Gasteiger partial charge is 0.326 e. The summed E-state index contributed by atoms with van der Waals surface area (Å²) in [4.78, 5) is 0.277. The summed E-state index contributed by atoms with van der Waals surface area (Å²) in [6.45, 7) is 3.44. The fraction of sp³-hybridized carbons (Fsp3) is 0.700. The molecule has 2 atom stereocenters. The highest BCUT2D eigenvalue weighted by atomic mass is 32.2. The van der Waals surface area contributed by atoms with Gasteiger partial charge >= 0.3 is 0 Å². The number of nitrogens with two attached hydrogens (primary N) is 1. The summed E-state index contributed by atoms with van der Waals surface area (Å²) in [5.41, 5.74) is 6.90. The summed E-state index contributed by atoms with van der Waals surface area (Å²) in [5.74, 6) is 0. The molecule has 0 aromatic carbocycles. The third-order valence-corrected chi connectivity index (χ3v) is 5.09. The summed E-state index contributed by atoms with van der Waals surface area (Å²) in [7, 11) is -1.77. The van der Waals surface area contributed by atoms with Crippen molar-refractivity contribution >= 4 is 10.0 Å². The number of aryl methyl sites for hydroxylation is 2. The number of rotatable bonds is 3. The van der Waals surface area contributed by atoms with Crippen molar-refractivity contribution in [3.63, 3.8) is 0 Å². The molecule has 1 fully saturated rings. The van der Waals surface area contributed by atoms with Gasteiger partial charge in [-0.25, -0.2) is 13.1 Å². The van der Waals surface area contributed by atoms with Crippen molar-refractivity contribution in [1.82, 2.24) is 14.5 Å². The van der Waals surface area contributed by atoms with Crippen LogP contribution in [0, 0.1) is 13.8 Å². The van der Waals surface area contributed by atoms with E-state index in [1.165, 1.54) is 0 Å². The van der Waals surface area contributed by atoms with E-state index < -0.39 is 10.0 Å². The molecule has 1 aliphatic rings. The molecule has 1 saturated carbocycles. The molecule has 0 radical (unpaired) electrons. The molecule has 96 valence electrons. The topological polar surface area (TPSA) is 90.0 Å². The van der Waals surface area contributed by atoms with Crippen LogP contribution in [0.2, 0.25) is 0 Å². The first-order valence-corrected chi connectivity index (χ1v) is 7.09. The maximum atomic E-state index is 12.2. The van der Waals surface area contributed by atoms with Crippen LogP contribution >= 0.6 is 0 Å². The second kappa shape index (κ2) is 4.08. The summed E-state index contributed by atoms with van der Waals surface area (Å²) in [6.07, 6.45) is 1.68. The van der Waals surface area contributed by atoms with Crippen molar-refractivity contribution in [2.45, 2.75) is 43.7 Å². The Bertz CT molecular complexity index is 535. The van der Waals surface area contributed by atoms with Gasteiger partial charge in [0.05, 0.1) is 11.4 Å². The molecule has 6 nitrogen and oxygen atoms in total. The Morgan fingerprint density at radius 3 is 2.41 bits per heavy atom. The Kier molecular flexibility index (Phi) is 3.01. The van der Waals surface area contributed by atoms with E-state index in [1.807, 2.05) is 0 Å². The first-order valence-electron chi connectivity index (χ1n) is 5.61. The molecule has 0 bridgehead atoms. The molecule has 2 rings (SSSR count). The van der Waals surface area contributed by atoms with E-state index in [9.17, 15) is 8.42 Å². The van der Waals surface area contributed by atoms with Gasteiger partial charge in [0.15, 0.2) is 0 Å². The molecule has 0 spiro atoms. The lowest BCUT2D eigenvalue weighted by molar-refractivity contribution is 0.321. The van der Waals surface area contributed by atoms with Crippen LogP contribution in [0.15, 0.2) is 4.90 Å². The Morgan fingerprint density at radius 1 is 1.41 bits per heavy atom. The fourth-order valence-corrected chi connectivity index (χ4v) is 3.83. The lowest BCUT2D eigenvalue weighted by atomic mass is 9.88.